The Bertz CT molecular complexity index is 714. The lowest BCUT2D eigenvalue weighted by Gasteiger charge is -2.14. The summed E-state index contributed by atoms with van der Waals surface area (Å²) in [6, 6.07) is 7.48. The molecule has 6 heteroatoms. The van der Waals surface area contributed by atoms with Crippen molar-refractivity contribution in [2.24, 2.45) is 10.9 Å². The number of halogens is 1. The predicted molar refractivity (Wildman–Crippen MR) is 85.2 cm³/mol. The number of aryl methyl sites for hydroxylation is 3. The fourth-order valence-corrected chi connectivity index (χ4v) is 2.56. The molecule has 110 valence electrons. The van der Waals surface area contributed by atoms with Crippen molar-refractivity contribution in [1.29, 1.82) is 0 Å². The molecule has 0 radical (unpaired) electrons. The van der Waals surface area contributed by atoms with Crippen molar-refractivity contribution >= 4 is 21.8 Å². The minimum Gasteiger partial charge on any atom is -0.456 e. The molecule has 0 saturated carbocycles. The highest BCUT2D eigenvalue weighted by atomic mass is 79.9. The van der Waals surface area contributed by atoms with Gasteiger partial charge in [0.05, 0.1) is 11.3 Å². The monoisotopic (exact) mass is 349 g/mol. The molecule has 1 aromatic carbocycles. The summed E-state index contributed by atoms with van der Waals surface area (Å²) >= 11 is 3.42. The van der Waals surface area contributed by atoms with Crippen molar-refractivity contribution in [2.75, 3.05) is 0 Å². The Morgan fingerprint density at radius 3 is 2.57 bits per heavy atom. The Kier molecular flexibility index (Phi) is 4.47. The second-order valence-electron chi connectivity index (χ2n) is 4.72. The highest BCUT2D eigenvalue weighted by Gasteiger charge is 2.15. The van der Waals surface area contributed by atoms with Crippen LogP contribution in [0.3, 0.4) is 0 Å². The summed E-state index contributed by atoms with van der Waals surface area (Å²) in [5, 5.41) is 12.0. The van der Waals surface area contributed by atoms with Crippen LogP contribution in [0.2, 0.25) is 0 Å². The van der Waals surface area contributed by atoms with Gasteiger partial charge in [-0.15, -0.1) is 0 Å². The number of pyridine rings is 1. The van der Waals surface area contributed by atoms with Crippen LogP contribution in [0.25, 0.3) is 0 Å². The zero-order valence-corrected chi connectivity index (χ0v) is 13.6. The van der Waals surface area contributed by atoms with Crippen molar-refractivity contribution in [2.45, 2.75) is 20.8 Å². The second kappa shape index (κ2) is 6.13. The molecule has 0 unspecified atom stereocenters. The normalized spacial score (nSPS) is 11.5. The van der Waals surface area contributed by atoms with Gasteiger partial charge in [-0.2, -0.15) is 0 Å². The van der Waals surface area contributed by atoms with Gasteiger partial charge < -0.3 is 15.7 Å². The molecule has 1 heterocycles. The molecule has 2 rings (SSSR count). The Balaban J connectivity index is 2.53. The number of ether oxygens (including phenoxy) is 1. The molecule has 0 aliphatic carbocycles. The first-order valence-electron chi connectivity index (χ1n) is 6.32. The van der Waals surface area contributed by atoms with E-state index in [0.29, 0.717) is 22.8 Å². The summed E-state index contributed by atoms with van der Waals surface area (Å²) in [6.45, 7) is 5.61. The smallest absolute Gasteiger partial charge is 0.175 e. The zero-order chi connectivity index (χ0) is 15.6. The van der Waals surface area contributed by atoms with Gasteiger partial charge in [0.25, 0.3) is 0 Å². The van der Waals surface area contributed by atoms with E-state index in [1.165, 1.54) is 0 Å². The number of oxime groups is 1. The first-order chi connectivity index (χ1) is 9.92. The van der Waals surface area contributed by atoms with Crippen LogP contribution < -0.4 is 10.5 Å². The summed E-state index contributed by atoms with van der Waals surface area (Å²) in [5.41, 5.74) is 8.65. The molecule has 21 heavy (non-hydrogen) atoms. The lowest BCUT2D eigenvalue weighted by molar-refractivity contribution is 0.318. The summed E-state index contributed by atoms with van der Waals surface area (Å²) in [7, 11) is 0. The summed E-state index contributed by atoms with van der Waals surface area (Å²) < 4.78 is 6.92. The number of hydrogen-bond acceptors (Lipinski definition) is 4. The van der Waals surface area contributed by atoms with Gasteiger partial charge in [-0.3, -0.25) is 4.98 Å². The molecule has 0 aliphatic heterocycles. The van der Waals surface area contributed by atoms with Gasteiger partial charge in [-0.25, -0.2) is 0 Å². The van der Waals surface area contributed by atoms with E-state index in [9.17, 15) is 0 Å². The van der Waals surface area contributed by atoms with Gasteiger partial charge in [0.2, 0.25) is 0 Å². The van der Waals surface area contributed by atoms with E-state index < -0.39 is 0 Å². The van der Waals surface area contributed by atoms with E-state index in [4.69, 9.17) is 15.7 Å². The van der Waals surface area contributed by atoms with Crippen LogP contribution in [0, 0.1) is 20.8 Å². The minimum atomic E-state index is -0.0234. The fourth-order valence-electron chi connectivity index (χ4n) is 2.08. The van der Waals surface area contributed by atoms with Gasteiger partial charge in [-0.05, 0) is 44.5 Å². The molecule has 0 atom stereocenters. The van der Waals surface area contributed by atoms with E-state index in [0.717, 1.165) is 15.7 Å². The molecule has 3 N–H and O–H groups in total. The number of amidine groups is 1. The maximum atomic E-state index is 8.94. The van der Waals surface area contributed by atoms with Crippen molar-refractivity contribution in [3.8, 4) is 11.5 Å². The maximum absolute atomic E-state index is 8.94. The number of benzene rings is 1. The van der Waals surface area contributed by atoms with Crippen LogP contribution in [0.4, 0.5) is 0 Å². The minimum absolute atomic E-state index is 0.0234. The van der Waals surface area contributed by atoms with Gasteiger partial charge in [0.1, 0.15) is 11.5 Å². The number of nitrogens with zero attached hydrogens (tertiary/aromatic N) is 2. The SMILES string of the molecule is Cc1cc(Oc2ccc(Br)cc2C)c(/C(N)=N/O)c(C)n1. The van der Waals surface area contributed by atoms with Crippen LogP contribution in [0.15, 0.2) is 33.9 Å². The number of hydrogen-bond donors (Lipinski definition) is 2. The van der Waals surface area contributed by atoms with Crippen LogP contribution in [-0.4, -0.2) is 16.0 Å². The third kappa shape index (κ3) is 3.33. The van der Waals surface area contributed by atoms with E-state index in [2.05, 4.69) is 26.1 Å². The molecule has 0 bridgehead atoms. The highest BCUT2D eigenvalue weighted by Crippen LogP contribution is 2.31. The Labute approximate surface area is 131 Å². The van der Waals surface area contributed by atoms with Crippen molar-refractivity contribution in [3.63, 3.8) is 0 Å². The number of nitrogens with two attached hydrogens (primary N) is 1. The molecule has 0 spiro atoms. The van der Waals surface area contributed by atoms with Gasteiger partial charge >= 0.3 is 0 Å². The van der Waals surface area contributed by atoms with Gasteiger partial charge in [-0.1, -0.05) is 21.1 Å². The summed E-state index contributed by atoms with van der Waals surface area (Å²) in [4.78, 5) is 4.32. The number of aromatic nitrogens is 1. The molecule has 0 fully saturated rings. The van der Waals surface area contributed by atoms with Gasteiger partial charge in [0, 0.05) is 16.2 Å². The lowest BCUT2D eigenvalue weighted by Crippen LogP contribution is -2.17. The Morgan fingerprint density at radius 2 is 1.95 bits per heavy atom. The van der Waals surface area contributed by atoms with Crippen molar-refractivity contribution in [3.05, 3.63) is 51.3 Å². The lowest BCUT2D eigenvalue weighted by atomic mass is 10.1. The third-order valence-electron chi connectivity index (χ3n) is 3.01. The van der Waals surface area contributed by atoms with Crippen molar-refractivity contribution in [1.82, 2.24) is 4.98 Å². The average Bonchev–Trinajstić information content (AvgIpc) is 2.40. The van der Waals surface area contributed by atoms with Gasteiger partial charge in [0.15, 0.2) is 5.84 Å². The van der Waals surface area contributed by atoms with Crippen LogP contribution in [0.1, 0.15) is 22.5 Å². The van der Waals surface area contributed by atoms with E-state index >= 15 is 0 Å². The largest absolute Gasteiger partial charge is 0.456 e. The molecule has 2 aromatic rings. The average molecular weight is 350 g/mol. The molecule has 1 aromatic heterocycles. The summed E-state index contributed by atoms with van der Waals surface area (Å²) in [5.74, 6) is 1.20. The van der Waals surface area contributed by atoms with E-state index in [1.54, 1.807) is 13.0 Å². The molecule has 0 saturated heterocycles. The second-order valence-corrected chi connectivity index (χ2v) is 5.63. The first kappa shape index (κ1) is 15.3. The Hall–Kier alpha value is -2.08. The maximum Gasteiger partial charge on any atom is 0.175 e. The van der Waals surface area contributed by atoms with Crippen molar-refractivity contribution < 1.29 is 9.94 Å². The highest BCUT2D eigenvalue weighted by molar-refractivity contribution is 9.10. The fraction of sp³-hybridized carbons (Fsp3) is 0.200. The van der Waals surface area contributed by atoms with Crippen LogP contribution in [0.5, 0.6) is 11.5 Å². The summed E-state index contributed by atoms with van der Waals surface area (Å²) in [6.07, 6.45) is 0. The molecular weight excluding hydrogens is 334 g/mol. The van der Waals surface area contributed by atoms with E-state index in [1.807, 2.05) is 32.0 Å². The zero-order valence-electron chi connectivity index (χ0n) is 12.0. The van der Waals surface area contributed by atoms with E-state index in [-0.39, 0.29) is 5.84 Å². The first-order valence-corrected chi connectivity index (χ1v) is 7.12. The van der Waals surface area contributed by atoms with Crippen LogP contribution >= 0.6 is 15.9 Å². The van der Waals surface area contributed by atoms with Crippen LogP contribution in [-0.2, 0) is 0 Å². The Morgan fingerprint density at radius 1 is 1.24 bits per heavy atom. The predicted octanol–water partition coefficient (Wildman–Crippen LogP) is 3.66. The molecule has 0 aliphatic rings. The quantitative estimate of drug-likeness (QED) is 0.383. The molecule has 0 amide bonds. The standard InChI is InChI=1S/C15H16BrN3O2/c1-8-6-11(16)4-5-12(8)21-13-7-9(2)18-10(3)14(13)15(17)19-20/h4-7,20H,1-3H3,(H2,17,19). The number of rotatable bonds is 3. The molecular formula is C15H16BrN3O2. The third-order valence-corrected chi connectivity index (χ3v) is 3.51. The molecule has 5 nitrogen and oxygen atoms in total. The topological polar surface area (TPSA) is 80.7 Å².